The van der Waals surface area contributed by atoms with E-state index in [4.69, 9.17) is 0 Å². The Labute approximate surface area is 47.5 Å². The van der Waals surface area contributed by atoms with E-state index >= 15 is 0 Å². The van der Waals surface area contributed by atoms with Crippen LogP contribution in [0.3, 0.4) is 0 Å². The molecule has 0 atom stereocenters. The molecule has 0 N–H and O–H groups in total. The summed E-state index contributed by atoms with van der Waals surface area (Å²) in [7, 11) is 2.46. The van der Waals surface area contributed by atoms with Crippen LogP contribution < -0.4 is 0 Å². The molecule has 0 radical (unpaired) electrons. The summed E-state index contributed by atoms with van der Waals surface area (Å²) in [6.45, 7) is 0. The van der Waals surface area contributed by atoms with E-state index in [-0.39, 0.29) is 0 Å². The van der Waals surface area contributed by atoms with Gasteiger partial charge in [-0.25, -0.2) is 0 Å². The first kappa shape index (κ1) is 6.97. The van der Waals surface area contributed by atoms with Gasteiger partial charge in [-0.3, -0.25) is 0 Å². The Balaban J connectivity index is 2.63. The standard InChI is InChI=1S/C2H6FIOS/c1-4(3)6-5-2/h1-2H3. The SMILES string of the molecule is COSI(C)F. The van der Waals surface area contributed by atoms with Crippen molar-refractivity contribution in [3.05, 3.63) is 0 Å². The summed E-state index contributed by atoms with van der Waals surface area (Å²) in [5, 5.41) is 0. The van der Waals surface area contributed by atoms with E-state index < -0.39 is 19.0 Å². The molecule has 0 heterocycles. The normalized spacial score (nSPS) is 11.5. The van der Waals surface area contributed by atoms with Crippen LogP contribution in [0.4, 0.5) is 2.86 Å². The molecule has 0 aromatic rings. The van der Waals surface area contributed by atoms with Crippen molar-refractivity contribution >= 4 is 28.2 Å². The van der Waals surface area contributed by atoms with Crippen molar-refractivity contribution in [2.75, 3.05) is 12.0 Å². The zero-order chi connectivity index (χ0) is 4.99. The van der Waals surface area contributed by atoms with Gasteiger partial charge in [-0.2, -0.15) is 0 Å². The quantitative estimate of drug-likeness (QED) is 0.404. The zero-order valence-electron chi connectivity index (χ0n) is 3.57. The molecule has 0 saturated heterocycles. The van der Waals surface area contributed by atoms with E-state index in [9.17, 15) is 2.86 Å². The average Bonchev–Trinajstić information content (AvgIpc) is 1.35. The van der Waals surface area contributed by atoms with E-state index in [0.29, 0.717) is 0 Å². The molecule has 0 aromatic heterocycles. The summed E-state index contributed by atoms with van der Waals surface area (Å²) in [4.78, 5) is 1.58. The summed E-state index contributed by atoms with van der Waals surface area (Å²) in [5.74, 6) is 0. The molecule has 0 aliphatic heterocycles. The number of rotatable bonds is 2. The van der Waals surface area contributed by atoms with Gasteiger partial charge in [0, 0.05) is 0 Å². The van der Waals surface area contributed by atoms with Gasteiger partial charge in [0.05, 0.1) is 0 Å². The molecule has 40 valence electrons. The molecule has 1 nitrogen and oxygen atoms in total. The summed E-state index contributed by atoms with van der Waals surface area (Å²) in [5.41, 5.74) is 0. The molecule has 0 saturated carbocycles. The fourth-order valence-electron chi connectivity index (χ4n) is 0.0868. The Kier molecular flexibility index (Phi) is 4.81. The second-order valence-electron chi connectivity index (χ2n) is 0.585. The van der Waals surface area contributed by atoms with Gasteiger partial charge in [-0.15, -0.1) is 0 Å². The zero-order valence-corrected chi connectivity index (χ0v) is 6.55. The summed E-state index contributed by atoms with van der Waals surface area (Å²) < 4.78 is 16.1. The van der Waals surface area contributed by atoms with Gasteiger partial charge in [0.1, 0.15) is 0 Å². The van der Waals surface area contributed by atoms with Crippen LogP contribution in [0, 0.1) is 0 Å². The third kappa shape index (κ3) is 4.97. The molecule has 0 fully saturated rings. The summed E-state index contributed by atoms with van der Waals surface area (Å²) in [6, 6.07) is 0. The van der Waals surface area contributed by atoms with Crippen LogP contribution in [0.2, 0.25) is 0 Å². The molecule has 4 heteroatoms. The molecule has 0 aromatic carbocycles. The Morgan fingerprint density at radius 2 is 2.33 bits per heavy atom. The number of alkyl halides is 1. The van der Waals surface area contributed by atoms with Gasteiger partial charge in [0.15, 0.2) is 0 Å². The van der Waals surface area contributed by atoms with E-state index in [0.717, 1.165) is 9.21 Å². The molecule has 6 heavy (non-hydrogen) atoms. The minimum atomic E-state index is -2.11. The Morgan fingerprint density at radius 3 is 2.33 bits per heavy atom. The van der Waals surface area contributed by atoms with E-state index in [1.807, 2.05) is 0 Å². The number of hydrogen-bond donors (Lipinski definition) is 0. The van der Waals surface area contributed by atoms with E-state index in [2.05, 4.69) is 4.18 Å². The number of hydrogen-bond acceptors (Lipinski definition) is 2. The van der Waals surface area contributed by atoms with Crippen molar-refractivity contribution < 1.29 is 7.04 Å². The minimum absolute atomic E-state index is 0.976. The van der Waals surface area contributed by atoms with Gasteiger partial charge in [0.2, 0.25) is 0 Å². The first-order valence-corrected chi connectivity index (χ1v) is 7.51. The molecular weight excluding hydrogens is 218 g/mol. The maximum atomic E-state index is 11.7. The Hall–Kier alpha value is 0.970. The third-order valence-electron chi connectivity index (χ3n) is 0.150. The maximum absolute atomic E-state index is 11.7. The molecule has 0 aliphatic carbocycles. The van der Waals surface area contributed by atoms with Crippen molar-refractivity contribution in [3.8, 4) is 0 Å². The van der Waals surface area contributed by atoms with Crippen molar-refractivity contribution in [1.82, 2.24) is 0 Å². The predicted octanol–water partition coefficient (Wildman–Crippen LogP) is 2.22. The summed E-state index contributed by atoms with van der Waals surface area (Å²) in [6.07, 6.45) is 0. The molecule has 0 spiro atoms. The van der Waals surface area contributed by atoms with Crippen molar-refractivity contribution in [1.29, 1.82) is 0 Å². The predicted molar refractivity (Wildman–Crippen MR) is 35.7 cm³/mol. The fraction of sp³-hybridized carbons (Fsp3) is 1.00. The van der Waals surface area contributed by atoms with Gasteiger partial charge in [-0.1, -0.05) is 0 Å². The Morgan fingerprint density at radius 1 is 1.83 bits per heavy atom. The molecule has 0 rings (SSSR count). The fourth-order valence-corrected chi connectivity index (χ4v) is 1.75. The molecule has 0 aliphatic rings. The van der Waals surface area contributed by atoms with Crippen molar-refractivity contribution in [2.24, 2.45) is 0 Å². The van der Waals surface area contributed by atoms with Crippen molar-refractivity contribution in [3.63, 3.8) is 0 Å². The molecular formula is C2H6FIOS. The monoisotopic (exact) mass is 224 g/mol. The van der Waals surface area contributed by atoms with Gasteiger partial charge >= 0.3 is 47.3 Å². The first-order valence-electron chi connectivity index (χ1n) is 1.25. The van der Waals surface area contributed by atoms with Crippen LogP contribution in [-0.4, -0.2) is 12.0 Å². The third-order valence-corrected chi connectivity index (χ3v) is 3.01. The topological polar surface area (TPSA) is 9.23 Å². The second kappa shape index (κ2) is 4.14. The van der Waals surface area contributed by atoms with Crippen LogP contribution >= 0.6 is 28.2 Å². The van der Waals surface area contributed by atoms with Crippen LogP contribution in [0.1, 0.15) is 0 Å². The molecule has 0 bridgehead atoms. The van der Waals surface area contributed by atoms with E-state index in [1.165, 1.54) is 7.11 Å². The van der Waals surface area contributed by atoms with E-state index in [1.54, 1.807) is 4.93 Å². The van der Waals surface area contributed by atoms with Crippen LogP contribution in [0.25, 0.3) is 0 Å². The van der Waals surface area contributed by atoms with Crippen molar-refractivity contribution in [2.45, 2.75) is 0 Å². The van der Waals surface area contributed by atoms with Gasteiger partial charge in [0.25, 0.3) is 0 Å². The molecule has 0 unspecified atom stereocenters. The van der Waals surface area contributed by atoms with Gasteiger partial charge in [-0.05, 0) is 0 Å². The van der Waals surface area contributed by atoms with Crippen LogP contribution in [0.15, 0.2) is 0 Å². The average molecular weight is 224 g/mol. The summed E-state index contributed by atoms with van der Waals surface area (Å²) >= 11 is -2.11. The Bertz CT molecular complexity index is 34.7. The first-order chi connectivity index (χ1) is 2.77. The second-order valence-corrected chi connectivity index (χ2v) is 7.01. The van der Waals surface area contributed by atoms with Crippen LogP contribution in [-0.2, 0) is 4.18 Å². The van der Waals surface area contributed by atoms with Crippen LogP contribution in [0.5, 0.6) is 0 Å². The van der Waals surface area contributed by atoms with Gasteiger partial charge < -0.3 is 0 Å². The molecule has 0 amide bonds. The number of halogens is 2.